The highest BCUT2D eigenvalue weighted by Gasteiger charge is 2.26. The van der Waals surface area contributed by atoms with Gasteiger partial charge in [-0.05, 0) is 18.1 Å². The molecule has 1 atom stereocenters. The van der Waals surface area contributed by atoms with Crippen LogP contribution in [0.4, 0.5) is 0 Å². The van der Waals surface area contributed by atoms with Crippen LogP contribution >= 0.6 is 0 Å². The zero-order valence-corrected chi connectivity index (χ0v) is 12.4. The molecule has 2 rings (SSSR count). The summed E-state index contributed by atoms with van der Waals surface area (Å²) in [5.74, 6) is 0.0429. The van der Waals surface area contributed by atoms with E-state index in [1.54, 1.807) is 24.4 Å². The van der Waals surface area contributed by atoms with Crippen LogP contribution in [0, 0.1) is 11.8 Å². The van der Waals surface area contributed by atoms with Gasteiger partial charge in [0, 0.05) is 31.7 Å². The molecule has 1 saturated heterocycles. The van der Waals surface area contributed by atoms with E-state index in [0.29, 0.717) is 18.2 Å². The average molecular weight is 290 g/mol. The topological polar surface area (TPSA) is 83.1 Å². The van der Waals surface area contributed by atoms with E-state index < -0.39 is 6.04 Å². The third-order valence-corrected chi connectivity index (χ3v) is 3.56. The van der Waals surface area contributed by atoms with Crippen molar-refractivity contribution in [3.8, 4) is 0 Å². The number of rotatable bonds is 6. The number of nitrogens with zero attached hydrogens (tertiary/aromatic N) is 1. The molecule has 2 amide bonds. The Labute approximate surface area is 124 Å². The predicted octanol–water partition coefficient (Wildman–Crippen LogP) is 0.172. The lowest BCUT2D eigenvalue weighted by Crippen LogP contribution is -2.53. The Morgan fingerprint density at radius 1 is 1.38 bits per heavy atom. The summed E-state index contributed by atoms with van der Waals surface area (Å²) in [6.07, 6.45) is 1.56. The molecule has 0 saturated carbocycles. The molecule has 1 aromatic heterocycles. The van der Waals surface area contributed by atoms with Crippen molar-refractivity contribution in [3.63, 3.8) is 0 Å². The third-order valence-electron chi connectivity index (χ3n) is 3.56. The molecule has 1 aliphatic heterocycles. The van der Waals surface area contributed by atoms with Crippen LogP contribution in [0.1, 0.15) is 24.3 Å². The maximum absolute atomic E-state index is 12.2. The molecule has 0 spiro atoms. The Bertz CT molecular complexity index is 486. The molecule has 1 unspecified atom stereocenters. The van der Waals surface area contributed by atoms with E-state index in [4.69, 9.17) is 0 Å². The Hall–Kier alpha value is -1.95. The molecule has 21 heavy (non-hydrogen) atoms. The first-order valence-electron chi connectivity index (χ1n) is 7.28. The van der Waals surface area contributed by atoms with Gasteiger partial charge in [-0.1, -0.05) is 19.9 Å². The maximum atomic E-state index is 12.2. The van der Waals surface area contributed by atoms with E-state index in [2.05, 4.69) is 20.9 Å². The molecule has 1 aromatic rings. The SMILES string of the molecule is CC(C)C(NC(=O)c1ccccn1)C(=O)NCC1CNC1. The molecule has 1 fully saturated rings. The van der Waals surface area contributed by atoms with Gasteiger partial charge in [0.1, 0.15) is 11.7 Å². The van der Waals surface area contributed by atoms with Crippen LogP contribution < -0.4 is 16.0 Å². The van der Waals surface area contributed by atoms with Gasteiger partial charge >= 0.3 is 0 Å². The lowest BCUT2D eigenvalue weighted by atomic mass is 10.0. The second-order valence-corrected chi connectivity index (χ2v) is 5.68. The molecule has 2 heterocycles. The fourth-order valence-corrected chi connectivity index (χ4v) is 2.09. The molecule has 3 N–H and O–H groups in total. The summed E-state index contributed by atoms with van der Waals surface area (Å²) in [5.41, 5.74) is 0.319. The first-order chi connectivity index (χ1) is 10.1. The van der Waals surface area contributed by atoms with Crippen LogP contribution in [0.25, 0.3) is 0 Å². The first kappa shape index (κ1) is 15.4. The lowest BCUT2D eigenvalue weighted by Gasteiger charge is -2.28. The molecule has 0 bridgehead atoms. The van der Waals surface area contributed by atoms with Crippen LogP contribution in [0.3, 0.4) is 0 Å². The van der Waals surface area contributed by atoms with Crippen molar-refractivity contribution in [3.05, 3.63) is 30.1 Å². The average Bonchev–Trinajstić information content (AvgIpc) is 2.43. The minimum atomic E-state index is -0.549. The van der Waals surface area contributed by atoms with Crippen LogP contribution in [0.15, 0.2) is 24.4 Å². The van der Waals surface area contributed by atoms with Crippen molar-refractivity contribution in [1.29, 1.82) is 0 Å². The minimum Gasteiger partial charge on any atom is -0.354 e. The highest BCUT2D eigenvalue weighted by atomic mass is 16.2. The molecule has 0 radical (unpaired) electrons. The zero-order valence-electron chi connectivity index (χ0n) is 12.4. The summed E-state index contributed by atoms with van der Waals surface area (Å²) in [7, 11) is 0. The summed E-state index contributed by atoms with van der Waals surface area (Å²) in [5, 5.41) is 8.83. The van der Waals surface area contributed by atoms with Crippen LogP contribution in [-0.2, 0) is 4.79 Å². The van der Waals surface area contributed by atoms with E-state index in [1.807, 2.05) is 13.8 Å². The Morgan fingerprint density at radius 2 is 2.14 bits per heavy atom. The van der Waals surface area contributed by atoms with Gasteiger partial charge in [0.15, 0.2) is 0 Å². The second kappa shape index (κ2) is 7.17. The largest absolute Gasteiger partial charge is 0.354 e. The van der Waals surface area contributed by atoms with Gasteiger partial charge in [-0.25, -0.2) is 0 Å². The minimum absolute atomic E-state index is 0.0113. The highest BCUT2D eigenvalue weighted by molar-refractivity contribution is 5.96. The summed E-state index contributed by atoms with van der Waals surface area (Å²) in [6, 6.07) is 4.57. The van der Waals surface area contributed by atoms with E-state index in [0.717, 1.165) is 13.1 Å². The number of hydrogen-bond acceptors (Lipinski definition) is 4. The van der Waals surface area contributed by atoms with E-state index >= 15 is 0 Å². The molecule has 114 valence electrons. The zero-order chi connectivity index (χ0) is 15.2. The van der Waals surface area contributed by atoms with Crippen LogP contribution in [0.2, 0.25) is 0 Å². The van der Waals surface area contributed by atoms with Crippen molar-refractivity contribution in [1.82, 2.24) is 20.9 Å². The summed E-state index contributed by atoms with van der Waals surface area (Å²) < 4.78 is 0. The maximum Gasteiger partial charge on any atom is 0.270 e. The van der Waals surface area contributed by atoms with Crippen molar-refractivity contribution < 1.29 is 9.59 Å². The van der Waals surface area contributed by atoms with Crippen molar-refractivity contribution >= 4 is 11.8 Å². The smallest absolute Gasteiger partial charge is 0.270 e. The fourth-order valence-electron chi connectivity index (χ4n) is 2.09. The Balaban J connectivity index is 1.91. The number of nitrogens with one attached hydrogen (secondary N) is 3. The number of pyridine rings is 1. The van der Waals surface area contributed by atoms with Gasteiger partial charge in [-0.3, -0.25) is 14.6 Å². The van der Waals surface area contributed by atoms with Gasteiger partial charge in [0.25, 0.3) is 5.91 Å². The van der Waals surface area contributed by atoms with Gasteiger partial charge in [-0.2, -0.15) is 0 Å². The quantitative estimate of drug-likeness (QED) is 0.697. The number of carbonyl (C=O) groups excluding carboxylic acids is 2. The monoisotopic (exact) mass is 290 g/mol. The molecule has 6 heteroatoms. The molecular weight excluding hydrogens is 268 g/mol. The molecule has 6 nitrogen and oxygen atoms in total. The molecule has 0 aromatic carbocycles. The van der Waals surface area contributed by atoms with E-state index in [1.165, 1.54) is 0 Å². The standard InChI is InChI=1S/C15H22N4O2/c1-10(2)13(15(21)18-9-11-7-16-8-11)19-14(20)12-5-3-4-6-17-12/h3-6,10-11,13,16H,7-9H2,1-2H3,(H,18,21)(H,19,20). The van der Waals surface area contributed by atoms with E-state index in [9.17, 15) is 9.59 Å². The lowest BCUT2D eigenvalue weighted by molar-refractivity contribution is -0.124. The second-order valence-electron chi connectivity index (χ2n) is 5.68. The molecule has 0 aliphatic carbocycles. The summed E-state index contributed by atoms with van der Waals surface area (Å²) in [4.78, 5) is 28.3. The van der Waals surface area contributed by atoms with Gasteiger partial charge in [-0.15, -0.1) is 0 Å². The number of carbonyl (C=O) groups is 2. The number of aromatic nitrogens is 1. The normalized spacial score (nSPS) is 16.1. The van der Waals surface area contributed by atoms with Crippen molar-refractivity contribution in [2.75, 3.05) is 19.6 Å². The van der Waals surface area contributed by atoms with Crippen LogP contribution in [0.5, 0.6) is 0 Å². The van der Waals surface area contributed by atoms with Crippen molar-refractivity contribution in [2.24, 2.45) is 11.8 Å². The Kier molecular flexibility index (Phi) is 5.27. The summed E-state index contributed by atoms with van der Waals surface area (Å²) in [6.45, 7) is 6.34. The van der Waals surface area contributed by atoms with Gasteiger partial charge in [0.05, 0.1) is 0 Å². The summed E-state index contributed by atoms with van der Waals surface area (Å²) >= 11 is 0. The Morgan fingerprint density at radius 3 is 2.67 bits per heavy atom. The number of amides is 2. The van der Waals surface area contributed by atoms with Crippen molar-refractivity contribution in [2.45, 2.75) is 19.9 Å². The molecule has 1 aliphatic rings. The predicted molar refractivity (Wildman–Crippen MR) is 79.7 cm³/mol. The van der Waals surface area contributed by atoms with Gasteiger partial charge in [0.2, 0.25) is 5.91 Å². The van der Waals surface area contributed by atoms with E-state index in [-0.39, 0.29) is 17.7 Å². The molecular formula is C15H22N4O2. The number of hydrogen-bond donors (Lipinski definition) is 3. The fraction of sp³-hybridized carbons (Fsp3) is 0.533. The third kappa shape index (κ3) is 4.26. The highest BCUT2D eigenvalue weighted by Crippen LogP contribution is 2.05. The first-order valence-corrected chi connectivity index (χ1v) is 7.28. The van der Waals surface area contributed by atoms with Crippen LogP contribution in [-0.4, -0.2) is 42.5 Å². The van der Waals surface area contributed by atoms with Gasteiger partial charge < -0.3 is 16.0 Å².